The van der Waals surface area contributed by atoms with Gasteiger partial charge in [0.1, 0.15) is 10.8 Å². The third-order valence-electron chi connectivity index (χ3n) is 1.88. The minimum Gasteiger partial charge on any atom is -0.396 e. The Kier molecular flexibility index (Phi) is 3.50. The summed E-state index contributed by atoms with van der Waals surface area (Å²) >= 11 is 1.36. The molecule has 0 aromatic carbocycles. The Bertz CT molecular complexity index is 274. The molecule has 0 spiro atoms. The molecule has 1 heterocycles. The van der Waals surface area contributed by atoms with E-state index in [0.29, 0.717) is 5.82 Å². The van der Waals surface area contributed by atoms with E-state index in [0.717, 1.165) is 17.1 Å². The van der Waals surface area contributed by atoms with Gasteiger partial charge in [0.15, 0.2) is 0 Å². The molecule has 0 radical (unpaired) electrons. The average Bonchev–Trinajstić information content (AvgIpc) is 2.44. The molecule has 1 aromatic rings. The molecule has 0 bridgehead atoms. The largest absolute Gasteiger partial charge is 0.396 e. The van der Waals surface area contributed by atoms with Crippen LogP contribution in [-0.2, 0) is 0 Å². The highest BCUT2D eigenvalue weighted by Crippen LogP contribution is 2.25. The van der Waals surface area contributed by atoms with Crippen LogP contribution < -0.4 is 11.1 Å². The van der Waals surface area contributed by atoms with Crippen molar-refractivity contribution in [3.05, 3.63) is 5.56 Å². The van der Waals surface area contributed by atoms with E-state index in [-0.39, 0.29) is 12.5 Å². The molecule has 1 rings (SSSR count). The molecule has 0 aliphatic rings. The maximum atomic E-state index is 8.81. The van der Waals surface area contributed by atoms with Crippen molar-refractivity contribution in [3.8, 4) is 0 Å². The Morgan fingerprint density at radius 1 is 1.69 bits per heavy atom. The Balaban J connectivity index is 2.50. The topological polar surface area (TPSA) is 71.2 Å². The number of hydrogen-bond donors (Lipinski definition) is 3. The second kappa shape index (κ2) is 4.43. The Hall–Kier alpha value is -0.810. The van der Waals surface area contributed by atoms with Crippen LogP contribution in [0.25, 0.3) is 0 Å². The van der Waals surface area contributed by atoms with Crippen LogP contribution in [0.5, 0.6) is 0 Å². The summed E-state index contributed by atoms with van der Waals surface area (Å²) in [6, 6.07) is 0. The smallest absolute Gasteiger partial charge is 0.142 e. The zero-order valence-electron chi connectivity index (χ0n) is 7.87. The molecule has 0 fully saturated rings. The lowest BCUT2D eigenvalue weighted by Gasteiger charge is -2.08. The molecule has 0 aliphatic carbocycles. The predicted molar refractivity (Wildman–Crippen MR) is 56.0 cm³/mol. The average molecular weight is 201 g/mol. The van der Waals surface area contributed by atoms with Gasteiger partial charge in [-0.1, -0.05) is 6.92 Å². The van der Waals surface area contributed by atoms with Crippen molar-refractivity contribution in [1.29, 1.82) is 0 Å². The van der Waals surface area contributed by atoms with Crippen molar-refractivity contribution < 1.29 is 5.11 Å². The first-order valence-electron chi connectivity index (χ1n) is 4.21. The zero-order chi connectivity index (χ0) is 9.84. The SMILES string of the molecule is Cc1c(N)nsc1NCC(C)CO. The summed E-state index contributed by atoms with van der Waals surface area (Å²) in [6.45, 7) is 4.86. The van der Waals surface area contributed by atoms with Crippen molar-refractivity contribution >= 4 is 22.4 Å². The second-order valence-corrected chi connectivity index (χ2v) is 3.96. The number of rotatable bonds is 4. The molecule has 13 heavy (non-hydrogen) atoms. The molecule has 0 amide bonds. The van der Waals surface area contributed by atoms with Crippen molar-refractivity contribution in [3.63, 3.8) is 0 Å². The van der Waals surface area contributed by atoms with Crippen molar-refractivity contribution in [2.24, 2.45) is 5.92 Å². The van der Waals surface area contributed by atoms with Crippen LogP contribution in [0.1, 0.15) is 12.5 Å². The summed E-state index contributed by atoms with van der Waals surface area (Å²) in [5.74, 6) is 0.840. The van der Waals surface area contributed by atoms with E-state index in [4.69, 9.17) is 10.8 Å². The molecule has 1 aromatic heterocycles. The molecule has 74 valence electrons. The van der Waals surface area contributed by atoms with E-state index in [1.807, 2.05) is 13.8 Å². The Morgan fingerprint density at radius 3 is 2.85 bits per heavy atom. The first-order chi connectivity index (χ1) is 6.15. The summed E-state index contributed by atoms with van der Waals surface area (Å²) in [4.78, 5) is 0. The molecule has 0 saturated carbocycles. The molecular formula is C8H15N3OS. The normalized spacial score (nSPS) is 12.8. The van der Waals surface area contributed by atoms with Crippen LogP contribution in [0.2, 0.25) is 0 Å². The highest BCUT2D eigenvalue weighted by atomic mass is 32.1. The summed E-state index contributed by atoms with van der Waals surface area (Å²) in [5, 5.41) is 13.0. The molecule has 5 heteroatoms. The van der Waals surface area contributed by atoms with Crippen LogP contribution in [0.3, 0.4) is 0 Å². The van der Waals surface area contributed by atoms with E-state index in [9.17, 15) is 0 Å². The van der Waals surface area contributed by atoms with Crippen LogP contribution >= 0.6 is 11.5 Å². The van der Waals surface area contributed by atoms with Gasteiger partial charge in [-0.05, 0) is 24.4 Å². The quantitative estimate of drug-likeness (QED) is 0.681. The van der Waals surface area contributed by atoms with Gasteiger partial charge in [-0.3, -0.25) is 0 Å². The number of aliphatic hydroxyl groups is 1. The van der Waals surface area contributed by atoms with Gasteiger partial charge >= 0.3 is 0 Å². The lowest BCUT2D eigenvalue weighted by Crippen LogP contribution is -2.14. The predicted octanol–water partition coefficient (Wildman–Crippen LogP) is 1.07. The molecule has 0 aliphatic heterocycles. The van der Waals surface area contributed by atoms with Gasteiger partial charge in [-0.2, -0.15) is 4.37 Å². The zero-order valence-corrected chi connectivity index (χ0v) is 8.69. The number of aromatic nitrogens is 1. The van der Waals surface area contributed by atoms with Gasteiger partial charge in [0.25, 0.3) is 0 Å². The summed E-state index contributed by atoms with van der Waals surface area (Å²) in [7, 11) is 0. The third-order valence-corrected chi connectivity index (χ3v) is 2.80. The molecule has 1 atom stereocenters. The molecule has 4 nitrogen and oxygen atoms in total. The number of aliphatic hydroxyl groups excluding tert-OH is 1. The van der Waals surface area contributed by atoms with E-state index >= 15 is 0 Å². The monoisotopic (exact) mass is 201 g/mol. The number of nitrogens with zero attached hydrogens (tertiary/aromatic N) is 1. The van der Waals surface area contributed by atoms with Crippen LogP contribution in [0.4, 0.5) is 10.8 Å². The molecular weight excluding hydrogens is 186 g/mol. The van der Waals surface area contributed by atoms with Crippen LogP contribution in [0, 0.1) is 12.8 Å². The van der Waals surface area contributed by atoms with Crippen LogP contribution in [0.15, 0.2) is 0 Å². The summed E-state index contributed by atoms with van der Waals surface area (Å²) < 4.78 is 4.01. The minimum atomic E-state index is 0.195. The minimum absolute atomic E-state index is 0.195. The number of nitrogen functional groups attached to an aromatic ring is 1. The lowest BCUT2D eigenvalue weighted by molar-refractivity contribution is 0.244. The fourth-order valence-electron chi connectivity index (χ4n) is 0.844. The maximum Gasteiger partial charge on any atom is 0.142 e. The van der Waals surface area contributed by atoms with Gasteiger partial charge in [0, 0.05) is 18.7 Å². The maximum absolute atomic E-state index is 8.81. The molecule has 1 unspecified atom stereocenters. The van der Waals surface area contributed by atoms with Crippen molar-refractivity contribution in [1.82, 2.24) is 4.37 Å². The van der Waals surface area contributed by atoms with Gasteiger partial charge in [-0.25, -0.2) is 0 Å². The van der Waals surface area contributed by atoms with Gasteiger partial charge in [-0.15, -0.1) is 0 Å². The lowest BCUT2D eigenvalue weighted by atomic mass is 10.2. The highest BCUT2D eigenvalue weighted by molar-refractivity contribution is 7.10. The first kappa shape index (κ1) is 10.3. The summed E-state index contributed by atoms with van der Waals surface area (Å²) in [5.41, 5.74) is 6.58. The Morgan fingerprint density at radius 2 is 2.38 bits per heavy atom. The number of hydrogen-bond acceptors (Lipinski definition) is 5. The summed E-state index contributed by atoms with van der Waals surface area (Å²) in [6.07, 6.45) is 0. The van der Waals surface area contributed by atoms with E-state index in [1.54, 1.807) is 0 Å². The third kappa shape index (κ3) is 2.57. The standard InChI is InChI=1S/C8H15N3OS/c1-5(4-12)3-10-8-6(2)7(9)11-13-8/h5,10,12H,3-4H2,1-2H3,(H2,9,11). The van der Waals surface area contributed by atoms with E-state index in [2.05, 4.69) is 9.69 Å². The van der Waals surface area contributed by atoms with Gasteiger partial charge < -0.3 is 16.2 Å². The number of nitrogens with two attached hydrogens (primary N) is 1. The highest BCUT2D eigenvalue weighted by Gasteiger charge is 2.07. The second-order valence-electron chi connectivity index (χ2n) is 3.19. The Labute approximate surface area is 81.9 Å². The molecule has 0 saturated heterocycles. The first-order valence-corrected chi connectivity index (χ1v) is 4.99. The van der Waals surface area contributed by atoms with Gasteiger partial charge in [0.2, 0.25) is 0 Å². The number of anilines is 2. The molecule has 4 N–H and O–H groups in total. The van der Waals surface area contributed by atoms with Crippen molar-refractivity contribution in [2.75, 3.05) is 24.2 Å². The number of nitrogens with one attached hydrogen (secondary N) is 1. The fourth-order valence-corrected chi connectivity index (χ4v) is 1.56. The van der Waals surface area contributed by atoms with E-state index in [1.165, 1.54) is 11.5 Å². The van der Waals surface area contributed by atoms with Gasteiger partial charge in [0.05, 0.1) is 0 Å². The van der Waals surface area contributed by atoms with Crippen LogP contribution in [-0.4, -0.2) is 22.6 Å². The fraction of sp³-hybridized carbons (Fsp3) is 0.625. The van der Waals surface area contributed by atoms with E-state index < -0.39 is 0 Å². The van der Waals surface area contributed by atoms with Crippen molar-refractivity contribution in [2.45, 2.75) is 13.8 Å².